The van der Waals surface area contributed by atoms with E-state index in [9.17, 15) is 35.1 Å². The van der Waals surface area contributed by atoms with Gasteiger partial charge in [0.25, 0.3) is 0 Å². The zero-order valence-electron chi connectivity index (χ0n) is 22.7. The Morgan fingerprint density at radius 1 is 1.11 bits per heavy atom. The average molecular weight is 521 g/mol. The Bertz CT molecular complexity index is 1010. The van der Waals surface area contributed by atoms with E-state index in [1.165, 1.54) is 0 Å². The van der Waals surface area contributed by atoms with Gasteiger partial charge in [-0.1, -0.05) is 20.8 Å². The first-order valence-corrected chi connectivity index (χ1v) is 14.0. The van der Waals surface area contributed by atoms with Gasteiger partial charge in [0.2, 0.25) is 0 Å². The topological polar surface area (TPSA) is 145 Å². The lowest BCUT2D eigenvalue weighted by Gasteiger charge is -2.60. The molecule has 8 nitrogen and oxygen atoms in total. The fraction of sp³-hybridized carbons (Fsp3) is 0.862. The predicted molar refractivity (Wildman–Crippen MR) is 134 cm³/mol. The molecule has 5 aliphatic rings. The first-order valence-electron chi connectivity index (χ1n) is 14.0. The highest BCUT2D eigenvalue weighted by molar-refractivity contribution is 5.95. The molecule has 5 N–H and O–H groups in total. The van der Waals surface area contributed by atoms with E-state index < -0.39 is 52.2 Å². The number of aliphatic hydroxyl groups is 5. The van der Waals surface area contributed by atoms with Crippen LogP contribution >= 0.6 is 0 Å². The van der Waals surface area contributed by atoms with Crippen LogP contribution < -0.4 is 0 Å². The molecule has 4 fully saturated rings. The summed E-state index contributed by atoms with van der Waals surface area (Å²) in [6.07, 6.45) is 1.21. The number of hydrogen-bond acceptors (Lipinski definition) is 8. The maximum atomic E-state index is 13.3. The number of cyclic esters (lactones) is 1. The van der Waals surface area contributed by atoms with Crippen LogP contribution in [0.3, 0.4) is 0 Å². The minimum absolute atomic E-state index is 0.104. The van der Waals surface area contributed by atoms with Gasteiger partial charge in [-0.05, 0) is 87.7 Å². The van der Waals surface area contributed by atoms with E-state index >= 15 is 0 Å². The van der Waals surface area contributed by atoms with Crippen LogP contribution in [0.2, 0.25) is 0 Å². The van der Waals surface area contributed by atoms with Crippen LogP contribution in [-0.2, 0) is 14.3 Å². The minimum Gasteiger partial charge on any atom is -0.462 e. The number of carbonyl (C=O) groups excluding carboxylic acids is 2. The molecule has 37 heavy (non-hydrogen) atoms. The van der Waals surface area contributed by atoms with Gasteiger partial charge in [0, 0.05) is 17.3 Å². The van der Waals surface area contributed by atoms with Gasteiger partial charge in [-0.2, -0.15) is 0 Å². The molecule has 8 heteroatoms. The summed E-state index contributed by atoms with van der Waals surface area (Å²) in [6, 6.07) is 0. The number of esters is 1. The normalized spacial score (nSPS) is 51.9. The Labute approximate surface area is 219 Å². The van der Waals surface area contributed by atoms with Crippen molar-refractivity contribution in [3.05, 3.63) is 11.6 Å². The molecule has 0 amide bonds. The summed E-state index contributed by atoms with van der Waals surface area (Å²) >= 11 is 0. The van der Waals surface area contributed by atoms with E-state index in [-0.39, 0.29) is 48.5 Å². The van der Waals surface area contributed by atoms with Crippen LogP contribution in [0.5, 0.6) is 0 Å². The van der Waals surface area contributed by atoms with E-state index in [0.29, 0.717) is 37.7 Å². The SMILES string of the molecule is C[C@H]1OC(=O)[C@H](C)[C@@H]1C[C@@H](O)[C@](C)(O)[C@H]1CC[C@@]2(O)C3=CC(=O)[C@@H]4C[C@@H](O)[C@@H](O)C[C@]4(C)[C@H]3CC[C@]12C. The summed E-state index contributed by atoms with van der Waals surface area (Å²) in [4.78, 5) is 25.4. The van der Waals surface area contributed by atoms with Crippen LogP contribution in [0.15, 0.2) is 11.6 Å². The molecule has 0 aromatic heterocycles. The van der Waals surface area contributed by atoms with Crippen LogP contribution in [0, 0.1) is 40.4 Å². The molecule has 4 aliphatic carbocycles. The molecule has 13 atom stereocenters. The molecule has 5 rings (SSSR count). The number of hydrogen-bond donors (Lipinski definition) is 5. The van der Waals surface area contributed by atoms with Crippen LogP contribution in [0.1, 0.15) is 79.6 Å². The maximum Gasteiger partial charge on any atom is 0.309 e. The summed E-state index contributed by atoms with van der Waals surface area (Å²) in [5, 5.41) is 56.2. The van der Waals surface area contributed by atoms with Gasteiger partial charge < -0.3 is 30.3 Å². The summed E-state index contributed by atoms with van der Waals surface area (Å²) < 4.78 is 5.34. The molecule has 1 saturated heterocycles. The van der Waals surface area contributed by atoms with Gasteiger partial charge in [0.1, 0.15) is 6.10 Å². The van der Waals surface area contributed by atoms with E-state index in [1.807, 2.05) is 20.8 Å². The van der Waals surface area contributed by atoms with Crippen molar-refractivity contribution in [1.29, 1.82) is 0 Å². The van der Waals surface area contributed by atoms with Crippen LogP contribution in [-0.4, -0.2) is 72.9 Å². The molecule has 208 valence electrons. The first-order chi connectivity index (χ1) is 17.1. The summed E-state index contributed by atoms with van der Waals surface area (Å²) in [6.45, 7) is 9.21. The van der Waals surface area contributed by atoms with Gasteiger partial charge in [-0.3, -0.25) is 9.59 Å². The molecule has 0 unspecified atom stereocenters. The molecule has 0 bridgehead atoms. The molecule has 1 aliphatic heterocycles. The lowest BCUT2D eigenvalue weighted by molar-refractivity contribution is -0.178. The molecular weight excluding hydrogens is 476 g/mol. The predicted octanol–water partition coefficient (Wildman–Crippen LogP) is 1.89. The van der Waals surface area contributed by atoms with E-state index in [0.717, 1.165) is 0 Å². The van der Waals surface area contributed by atoms with Crippen molar-refractivity contribution >= 4 is 11.8 Å². The quantitative estimate of drug-likeness (QED) is 0.354. The Morgan fingerprint density at radius 3 is 2.41 bits per heavy atom. The Morgan fingerprint density at radius 2 is 1.78 bits per heavy atom. The van der Waals surface area contributed by atoms with Crippen LogP contribution in [0.25, 0.3) is 0 Å². The molecule has 0 aromatic rings. The van der Waals surface area contributed by atoms with Gasteiger partial charge >= 0.3 is 5.97 Å². The van der Waals surface area contributed by atoms with Crippen molar-refractivity contribution in [2.45, 2.75) is 115 Å². The number of fused-ring (bicyclic) bond motifs is 5. The molecule has 0 aromatic carbocycles. The third-order valence-corrected chi connectivity index (χ3v) is 11.9. The fourth-order valence-electron chi connectivity index (χ4n) is 9.39. The van der Waals surface area contributed by atoms with Crippen molar-refractivity contribution in [1.82, 2.24) is 0 Å². The highest BCUT2D eigenvalue weighted by Crippen LogP contribution is 2.68. The zero-order valence-corrected chi connectivity index (χ0v) is 22.7. The third-order valence-electron chi connectivity index (χ3n) is 11.9. The minimum atomic E-state index is -1.52. The second-order valence-electron chi connectivity index (χ2n) is 13.7. The van der Waals surface area contributed by atoms with Crippen LogP contribution in [0.4, 0.5) is 0 Å². The summed E-state index contributed by atoms with van der Waals surface area (Å²) in [5.74, 6) is -1.88. The smallest absolute Gasteiger partial charge is 0.309 e. The highest BCUT2D eigenvalue weighted by Gasteiger charge is 2.69. The average Bonchev–Trinajstić information content (AvgIpc) is 3.23. The van der Waals surface area contributed by atoms with Crippen molar-refractivity contribution in [2.24, 2.45) is 40.4 Å². The van der Waals surface area contributed by atoms with Crippen molar-refractivity contribution in [3.8, 4) is 0 Å². The van der Waals surface area contributed by atoms with Gasteiger partial charge in [0.15, 0.2) is 5.78 Å². The largest absolute Gasteiger partial charge is 0.462 e. The van der Waals surface area contributed by atoms with Gasteiger partial charge in [-0.15, -0.1) is 0 Å². The summed E-state index contributed by atoms with van der Waals surface area (Å²) in [7, 11) is 0. The number of ketones is 1. The third kappa shape index (κ3) is 3.65. The monoisotopic (exact) mass is 520 g/mol. The van der Waals surface area contributed by atoms with E-state index in [1.54, 1.807) is 19.9 Å². The van der Waals surface area contributed by atoms with Crippen molar-refractivity contribution in [2.75, 3.05) is 0 Å². The number of aliphatic hydroxyl groups excluding tert-OH is 3. The van der Waals surface area contributed by atoms with E-state index in [2.05, 4.69) is 0 Å². The maximum absolute atomic E-state index is 13.3. The number of ether oxygens (including phenoxy) is 1. The second-order valence-corrected chi connectivity index (χ2v) is 13.7. The summed E-state index contributed by atoms with van der Waals surface area (Å²) in [5.41, 5.74) is -3.47. The Balaban J connectivity index is 1.44. The molecule has 0 radical (unpaired) electrons. The van der Waals surface area contributed by atoms with Crippen molar-refractivity contribution in [3.63, 3.8) is 0 Å². The standard InChI is InChI=1S/C29H44O8/c1-14-16(15(2)37-25(14)34)10-24(33)28(5,35)23-7-9-29(36)18-11-20(30)19-12-21(31)22(32)13-26(19,3)17(18)6-8-27(23,29)4/h11,14-17,19,21-24,31-33,35-36H,6-10,12-13H2,1-5H3/t14-,15-,16+,17+,19+,21-,22+,23+,24-,26-,27-,28-,29-/m1/s1. The number of rotatable bonds is 4. The van der Waals surface area contributed by atoms with Crippen molar-refractivity contribution < 1.29 is 39.9 Å². The van der Waals surface area contributed by atoms with E-state index in [4.69, 9.17) is 4.74 Å². The lowest BCUT2D eigenvalue weighted by Crippen LogP contribution is -2.63. The Kier molecular flexibility index (Phi) is 6.33. The van der Waals surface area contributed by atoms with Gasteiger partial charge in [-0.25, -0.2) is 0 Å². The zero-order chi connectivity index (χ0) is 27.3. The molecular formula is C29H44O8. The fourth-order valence-corrected chi connectivity index (χ4v) is 9.39. The highest BCUT2D eigenvalue weighted by atomic mass is 16.6. The molecule has 0 spiro atoms. The number of allylic oxidation sites excluding steroid dienone is 1. The van der Waals surface area contributed by atoms with Gasteiger partial charge in [0.05, 0.1) is 35.4 Å². The first kappa shape index (κ1) is 27.3. The second kappa shape index (κ2) is 8.59. The molecule has 1 heterocycles. The Hall–Kier alpha value is -1.32. The number of carbonyl (C=O) groups is 2. The lowest BCUT2D eigenvalue weighted by atomic mass is 9.45. The molecule has 3 saturated carbocycles.